The molecule has 3 rings (SSSR count). The molecule has 132 valence electrons. The lowest BCUT2D eigenvalue weighted by molar-refractivity contribution is -0.133. The van der Waals surface area contributed by atoms with Crippen molar-refractivity contribution in [2.45, 2.75) is 0 Å². The quantitative estimate of drug-likeness (QED) is 0.836. The second-order valence-corrected chi connectivity index (χ2v) is 5.76. The molecule has 1 aliphatic rings. The SMILES string of the molecule is COc1ccccc1N1CCN(C(=O)COc2ccccc2F)CC1. The number of amides is 1. The Morgan fingerprint density at radius 2 is 1.64 bits per heavy atom. The van der Waals surface area contributed by atoms with E-state index in [2.05, 4.69) is 4.90 Å². The normalized spacial score (nSPS) is 14.3. The average molecular weight is 344 g/mol. The Balaban J connectivity index is 1.53. The van der Waals surface area contributed by atoms with E-state index in [4.69, 9.17) is 9.47 Å². The van der Waals surface area contributed by atoms with E-state index in [-0.39, 0.29) is 18.3 Å². The van der Waals surface area contributed by atoms with Crippen LogP contribution in [0.3, 0.4) is 0 Å². The van der Waals surface area contributed by atoms with Crippen LogP contribution in [0.5, 0.6) is 11.5 Å². The highest BCUT2D eigenvalue weighted by Gasteiger charge is 2.23. The fraction of sp³-hybridized carbons (Fsp3) is 0.316. The minimum absolute atomic E-state index is 0.100. The summed E-state index contributed by atoms with van der Waals surface area (Å²) in [6.45, 7) is 2.46. The Bertz CT molecular complexity index is 730. The predicted octanol–water partition coefficient (Wildman–Crippen LogP) is 2.56. The summed E-state index contributed by atoms with van der Waals surface area (Å²) >= 11 is 0. The van der Waals surface area contributed by atoms with Gasteiger partial charge in [-0.2, -0.15) is 0 Å². The van der Waals surface area contributed by atoms with Crippen molar-refractivity contribution >= 4 is 11.6 Å². The highest BCUT2D eigenvalue weighted by molar-refractivity contribution is 5.78. The van der Waals surface area contributed by atoms with Gasteiger partial charge in [-0.05, 0) is 24.3 Å². The van der Waals surface area contributed by atoms with Gasteiger partial charge in [0, 0.05) is 26.2 Å². The van der Waals surface area contributed by atoms with Crippen molar-refractivity contribution in [1.29, 1.82) is 0 Å². The first-order valence-corrected chi connectivity index (χ1v) is 8.22. The summed E-state index contributed by atoms with van der Waals surface area (Å²) in [7, 11) is 1.65. The number of carbonyl (C=O) groups is 1. The van der Waals surface area contributed by atoms with Gasteiger partial charge < -0.3 is 19.3 Å². The molecule has 0 atom stereocenters. The minimum Gasteiger partial charge on any atom is -0.495 e. The predicted molar refractivity (Wildman–Crippen MR) is 93.7 cm³/mol. The number of hydrogen-bond acceptors (Lipinski definition) is 4. The van der Waals surface area contributed by atoms with Crippen molar-refractivity contribution in [3.8, 4) is 11.5 Å². The van der Waals surface area contributed by atoms with Gasteiger partial charge in [0.15, 0.2) is 18.2 Å². The zero-order valence-corrected chi connectivity index (χ0v) is 14.2. The lowest BCUT2D eigenvalue weighted by Gasteiger charge is -2.36. The molecule has 0 unspecified atom stereocenters. The van der Waals surface area contributed by atoms with Gasteiger partial charge in [0.05, 0.1) is 12.8 Å². The number of halogens is 1. The molecule has 0 bridgehead atoms. The minimum atomic E-state index is -0.462. The van der Waals surface area contributed by atoms with E-state index in [0.29, 0.717) is 26.2 Å². The Morgan fingerprint density at radius 1 is 1.00 bits per heavy atom. The third-order valence-corrected chi connectivity index (χ3v) is 4.25. The van der Waals surface area contributed by atoms with E-state index < -0.39 is 5.82 Å². The number of nitrogens with zero attached hydrogens (tertiary/aromatic N) is 2. The topological polar surface area (TPSA) is 42.0 Å². The molecule has 2 aromatic rings. The number of hydrogen-bond donors (Lipinski definition) is 0. The van der Waals surface area contributed by atoms with Crippen LogP contribution in [0.4, 0.5) is 10.1 Å². The summed E-state index contributed by atoms with van der Waals surface area (Å²) in [4.78, 5) is 16.2. The molecule has 0 radical (unpaired) electrons. The Kier molecular flexibility index (Phi) is 5.38. The lowest BCUT2D eigenvalue weighted by Crippen LogP contribution is -2.50. The molecular formula is C19H21FN2O3. The van der Waals surface area contributed by atoms with Gasteiger partial charge in [0.2, 0.25) is 0 Å². The maximum Gasteiger partial charge on any atom is 0.260 e. The van der Waals surface area contributed by atoms with Crippen LogP contribution < -0.4 is 14.4 Å². The van der Waals surface area contributed by atoms with Gasteiger partial charge in [0.25, 0.3) is 5.91 Å². The number of carbonyl (C=O) groups excluding carboxylic acids is 1. The maximum absolute atomic E-state index is 13.5. The van der Waals surface area contributed by atoms with Crippen molar-refractivity contribution in [2.75, 3.05) is 44.8 Å². The van der Waals surface area contributed by atoms with Gasteiger partial charge in [-0.25, -0.2) is 4.39 Å². The van der Waals surface area contributed by atoms with Crippen molar-refractivity contribution in [2.24, 2.45) is 0 Å². The van der Waals surface area contributed by atoms with E-state index in [1.807, 2.05) is 24.3 Å². The number of benzene rings is 2. The monoisotopic (exact) mass is 344 g/mol. The first kappa shape index (κ1) is 17.1. The molecule has 5 nitrogen and oxygen atoms in total. The molecule has 1 aliphatic heterocycles. The molecule has 1 fully saturated rings. The van der Waals surface area contributed by atoms with Crippen LogP contribution in [0.1, 0.15) is 0 Å². The second-order valence-electron chi connectivity index (χ2n) is 5.76. The molecule has 0 aromatic heterocycles. The Morgan fingerprint density at radius 3 is 2.32 bits per heavy atom. The van der Waals surface area contributed by atoms with Crippen LogP contribution in [0, 0.1) is 5.82 Å². The standard InChI is InChI=1S/C19H21FN2O3/c1-24-18-9-5-3-7-16(18)21-10-12-22(13-11-21)19(23)14-25-17-8-4-2-6-15(17)20/h2-9H,10-14H2,1H3. The average Bonchev–Trinajstić information content (AvgIpc) is 2.67. The van der Waals surface area contributed by atoms with Crippen molar-refractivity contribution < 1.29 is 18.7 Å². The van der Waals surface area contributed by atoms with Crippen LogP contribution in [0.15, 0.2) is 48.5 Å². The second kappa shape index (κ2) is 7.88. The molecule has 1 amide bonds. The summed E-state index contributed by atoms with van der Waals surface area (Å²) < 4.78 is 24.2. The van der Waals surface area contributed by atoms with Crippen LogP contribution >= 0.6 is 0 Å². The summed E-state index contributed by atoms with van der Waals surface area (Å²) in [6.07, 6.45) is 0. The molecule has 0 aliphatic carbocycles. The smallest absolute Gasteiger partial charge is 0.260 e. The van der Waals surface area contributed by atoms with E-state index in [9.17, 15) is 9.18 Å². The fourth-order valence-corrected chi connectivity index (χ4v) is 2.88. The molecule has 6 heteroatoms. The van der Waals surface area contributed by atoms with Crippen LogP contribution in [0.25, 0.3) is 0 Å². The third kappa shape index (κ3) is 4.02. The summed E-state index contributed by atoms with van der Waals surface area (Å²) in [5.74, 6) is 0.327. The first-order valence-electron chi connectivity index (χ1n) is 8.22. The summed E-state index contributed by atoms with van der Waals surface area (Å²) in [6, 6.07) is 13.9. The lowest BCUT2D eigenvalue weighted by atomic mass is 10.2. The maximum atomic E-state index is 13.5. The Labute approximate surface area is 146 Å². The zero-order chi connectivity index (χ0) is 17.6. The molecule has 0 spiro atoms. The van der Waals surface area contributed by atoms with Crippen LogP contribution in [-0.4, -0.2) is 50.7 Å². The van der Waals surface area contributed by atoms with Crippen molar-refractivity contribution in [3.63, 3.8) is 0 Å². The van der Waals surface area contributed by atoms with Crippen molar-refractivity contribution in [3.05, 3.63) is 54.3 Å². The van der Waals surface area contributed by atoms with E-state index >= 15 is 0 Å². The highest BCUT2D eigenvalue weighted by Crippen LogP contribution is 2.28. The number of piperazine rings is 1. The van der Waals surface area contributed by atoms with Gasteiger partial charge in [-0.1, -0.05) is 24.3 Å². The number of rotatable bonds is 5. The van der Waals surface area contributed by atoms with Crippen molar-refractivity contribution in [1.82, 2.24) is 4.90 Å². The Hall–Kier alpha value is -2.76. The fourth-order valence-electron chi connectivity index (χ4n) is 2.88. The van der Waals surface area contributed by atoms with Gasteiger partial charge >= 0.3 is 0 Å². The molecular weight excluding hydrogens is 323 g/mol. The number of para-hydroxylation sites is 3. The molecule has 1 heterocycles. The van der Waals surface area contributed by atoms with E-state index in [0.717, 1.165) is 11.4 Å². The van der Waals surface area contributed by atoms with E-state index in [1.165, 1.54) is 12.1 Å². The number of methoxy groups -OCH3 is 1. The van der Waals surface area contributed by atoms with Crippen LogP contribution in [-0.2, 0) is 4.79 Å². The molecule has 1 saturated heterocycles. The number of ether oxygens (including phenoxy) is 2. The van der Waals surface area contributed by atoms with Gasteiger partial charge in [0.1, 0.15) is 5.75 Å². The molecule has 2 aromatic carbocycles. The zero-order valence-electron chi connectivity index (χ0n) is 14.2. The van der Waals surface area contributed by atoms with Gasteiger partial charge in [-0.3, -0.25) is 4.79 Å². The molecule has 0 saturated carbocycles. The largest absolute Gasteiger partial charge is 0.495 e. The van der Waals surface area contributed by atoms with Gasteiger partial charge in [-0.15, -0.1) is 0 Å². The number of anilines is 1. The van der Waals surface area contributed by atoms with Crippen LogP contribution in [0.2, 0.25) is 0 Å². The summed E-state index contributed by atoms with van der Waals surface area (Å²) in [5, 5.41) is 0. The molecule has 25 heavy (non-hydrogen) atoms. The highest BCUT2D eigenvalue weighted by atomic mass is 19.1. The first-order chi connectivity index (χ1) is 12.2. The van der Waals surface area contributed by atoms with E-state index in [1.54, 1.807) is 24.1 Å². The third-order valence-electron chi connectivity index (χ3n) is 4.25. The molecule has 0 N–H and O–H groups in total. The summed E-state index contributed by atoms with van der Waals surface area (Å²) in [5.41, 5.74) is 1.03.